The molecule has 112 valence electrons. The molecule has 1 aromatic heterocycles. The van der Waals surface area contributed by atoms with Crippen LogP contribution in [0.4, 0.5) is 0 Å². The first-order valence-electron chi connectivity index (χ1n) is 6.23. The molecule has 0 aliphatic rings. The summed E-state index contributed by atoms with van der Waals surface area (Å²) >= 11 is 4.64. The maximum absolute atomic E-state index is 12.0. The van der Waals surface area contributed by atoms with Gasteiger partial charge in [0.05, 0.1) is 11.3 Å². The van der Waals surface area contributed by atoms with Crippen LogP contribution in [0.5, 0.6) is 0 Å². The topological polar surface area (TPSA) is 65.2 Å². The average molecular weight is 371 g/mol. The predicted molar refractivity (Wildman–Crippen MR) is 84.3 cm³/mol. The van der Waals surface area contributed by atoms with Crippen LogP contribution in [0.15, 0.2) is 38.4 Å². The number of ether oxygens (including phenoxy) is 1. The Bertz CT molecular complexity index is 643. The molecule has 0 amide bonds. The lowest BCUT2D eigenvalue weighted by molar-refractivity contribution is -0.134. The smallest absolute Gasteiger partial charge is 0.277 e. The minimum atomic E-state index is -0.807. The van der Waals surface area contributed by atoms with E-state index in [1.54, 1.807) is 13.8 Å². The second kappa shape index (κ2) is 6.72. The number of aromatic nitrogens is 2. The fraction of sp³-hybridized carbons (Fsp3) is 0.357. The van der Waals surface area contributed by atoms with E-state index in [0.717, 1.165) is 10.0 Å². The van der Waals surface area contributed by atoms with Crippen LogP contribution < -0.4 is 0 Å². The number of hydrogen-bond acceptors (Lipinski definition) is 6. The highest BCUT2D eigenvalue weighted by Gasteiger charge is 2.27. The third-order valence-corrected chi connectivity index (χ3v) is 4.53. The zero-order chi connectivity index (χ0) is 15.5. The Hall–Kier alpha value is -1.18. The molecule has 0 saturated heterocycles. The SMILES string of the molecule is COC(C)(C)C(=O)CSc1nnc(-c2ccccc2Br)o1. The first kappa shape index (κ1) is 16.2. The Morgan fingerprint density at radius 1 is 1.38 bits per heavy atom. The maximum Gasteiger partial charge on any atom is 0.277 e. The van der Waals surface area contributed by atoms with Crippen LogP contribution in [0.25, 0.3) is 11.5 Å². The fourth-order valence-electron chi connectivity index (χ4n) is 1.43. The van der Waals surface area contributed by atoms with Crippen molar-refractivity contribution in [3.05, 3.63) is 28.7 Å². The number of thioether (sulfide) groups is 1. The summed E-state index contributed by atoms with van der Waals surface area (Å²) in [6, 6.07) is 7.58. The molecular weight excluding hydrogens is 356 g/mol. The monoisotopic (exact) mass is 370 g/mol. The largest absolute Gasteiger partial charge is 0.411 e. The number of carbonyl (C=O) groups excluding carboxylic acids is 1. The van der Waals surface area contributed by atoms with Crippen molar-refractivity contribution in [2.45, 2.75) is 24.7 Å². The van der Waals surface area contributed by atoms with Gasteiger partial charge in [0, 0.05) is 11.6 Å². The Morgan fingerprint density at radius 2 is 2.10 bits per heavy atom. The molecule has 21 heavy (non-hydrogen) atoms. The Kier molecular flexibility index (Phi) is 5.18. The van der Waals surface area contributed by atoms with E-state index in [0.29, 0.717) is 11.1 Å². The van der Waals surface area contributed by atoms with Crippen LogP contribution in [0, 0.1) is 0 Å². The van der Waals surface area contributed by atoms with Crippen molar-refractivity contribution in [1.82, 2.24) is 10.2 Å². The Morgan fingerprint density at radius 3 is 2.76 bits per heavy atom. The predicted octanol–water partition coefficient (Wildman–Crippen LogP) is 3.59. The first-order valence-corrected chi connectivity index (χ1v) is 8.01. The van der Waals surface area contributed by atoms with E-state index in [4.69, 9.17) is 9.15 Å². The number of halogens is 1. The van der Waals surface area contributed by atoms with Gasteiger partial charge < -0.3 is 9.15 Å². The number of benzene rings is 1. The molecule has 2 rings (SSSR count). The maximum atomic E-state index is 12.0. The summed E-state index contributed by atoms with van der Waals surface area (Å²) in [4.78, 5) is 12.0. The summed E-state index contributed by atoms with van der Waals surface area (Å²) in [6.07, 6.45) is 0. The number of nitrogens with zero attached hydrogens (tertiary/aromatic N) is 2. The van der Waals surface area contributed by atoms with Crippen molar-refractivity contribution in [3.63, 3.8) is 0 Å². The van der Waals surface area contributed by atoms with E-state index in [1.165, 1.54) is 18.9 Å². The molecule has 1 aromatic carbocycles. The van der Waals surface area contributed by atoms with E-state index in [9.17, 15) is 4.79 Å². The number of rotatable bonds is 6. The highest BCUT2D eigenvalue weighted by molar-refractivity contribution is 9.10. The molecule has 1 heterocycles. The van der Waals surface area contributed by atoms with Crippen molar-refractivity contribution < 1.29 is 13.9 Å². The van der Waals surface area contributed by atoms with Gasteiger partial charge in [0.1, 0.15) is 5.60 Å². The highest BCUT2D eigenvalue weighted by Crippen LogP contribution is 2.29. The van der Waals surface area contributed by atoms with Gasteiger partial charge in [-0.05, 0) is 41.9 Å². The van der Waals surface area contributed by atoms with Gasteiger partial charge >= 0.3 is 0 Å². The standard InChI is InChI=1S/C14H15BrN2O3S/c1-14(2,19-3)11(18)8-21-13-17-16-12(20-13)9-6-4-5-7-10(9)15/h4-7H,8H2,1-3H3. The number of methoxy groups -OCH3 is 1. The molecule has 0 N–H and O–H groups in total. The van der Waals surface area contributed by atoms with Gasteiger partial charge in [0.15, 0.2) is 5.78 Å². The van der Waals surface area contributed by atoms with Crippen LogP contribution in [0.2, 0.25) is 0 Å². The van der Waals surface area contributed by atoms with Crippen LogP contribution in [-0.4, -0.2) is 34.4 Å². The molecule has 2 aromatic rings. The van der Waals surface area contributed by atoms with E-state index in [-0.39, 0.29) is 11.5 Å². The molecular formula is C14H15BrN2O3S. The third kappa shape index (κ3) is 3.93. The van der Waals surface area contributed by atoms with Crippen molar-refractivity contribution >= 4 is 33.5 Å². The van der Waals surface area contributed by atoms with Crippen molar-refractivity contribution in [3.8, 4) is 11.5 Å². The summed E-state index contributed by atoms with van der Waals surface area (Å²) in [7, 11) is 1.51. The lowest BCUT2D eigenvalue weighted by atomic mass is 10.1. The lowest BCUT2D eigenvalue weighted by Gasteiger charge is -2.20. The Labute approximate surface area is 135 Å². The molecule has 0 fully saturated rings. The second-order valence-electron chi connectivity index (χ2n) is 4.78. The molecule has 0 aliphatic heterocycles. The quantitative estimate of drug-likeness (QED) is 0.723. The van der Waals surface area contributed by atoms with Crippen molar-refractivity contribution in [2.75, 3.05) is 12.9 Å². The van der Waals surface area contributed by atoms with Gasteiger partial charge in [0.2, 0.25) is 5.89 Å². The third-order valence-electron chi connectivity index (χ3n) is 3.02. The van der Waals surface area contributed by atoms with Gasteiger partial charge in [-0.25, -0.2) is 0 Å². The fourth-order valence-corrected chi connectivity index (χ4v) is 2.72. The van der Waals surface area contributed by atoms with Crippen molar-refractivity contribution in [2.24, 2.45) is 0 Å². The van der Waals surface area contributed by atoms with Crippen LogP contribution in [0.1, 0.15) is 13.8 Å². The summed E-state index contributed by atoms with van der Waals surface area (Å²) in [5.74, 6) is 0.609. The van der Waals surface area contributed by atoms with E-state index < -0.39 is 5.60 Å². The number of Topliss-reactive ketones (excluding diaryl/α,β-unsaturated/α-hetero) is 1. The number of hydrogen-bond donors (Lipinski definition) is 0. The van der Waals surface area contributed by atoms with Gasteiger partial charge in [-0.3, -0.25) is 4.79 Å². The lowest BCUT2D eigenvalue weighted by Crippen LogP contribution is -2.35. The number of carbonyl (C=O) groups is 1. The molecule has 5 nitrogen and oxygen atoms in total. The first-order chi connectivity index (χ1) is 9.94. The van der Waals surface area contributed by atoms with Crippen LogP contribution >= 0.6 is 27.7 Å². The molecule has 0 atom stereocenters. The number of ketones is 1. The van der Waals surface area contributed by atoms with E-state index in [2.05, 4.69) is 26.1 Å². The van der Waals surface area contributed by atoms with E-state index >= 15 is 0 Å². The van der Waals surface area contributed by atoms with Gasteiger partial charge in [0.25, 0.3) is 5.22 Å². The molecule has 0 bridgehead atoms. The minimum Gasteiger partial charge on any atom is -0.411 e. The summed E-state index contributed by atoms with van der Waals surface area (Å²) in [5.41, 5.74) is 0.0126. The highest BCUT2D eigenvalue weighted by atomic mass is 79.9. The van der Waals surface area contributed by atoms with Crippen molar-refractivity contribution in [1.29, 1.82) is 0 Å². The molecule has 0 radical (unpaired) electrons. The molecule has 0 unspecified atom stereocenters. The van der Waals surface area contributed by atoms with Gasteiger partial charge in [-0.1, -0.05) is 23.9 Å². The molecule has 7 heteroatoms. The van der Waals surface area contributed by atoms with Gasteiger partial charge in [-0.15, -0.1) is 10.2 Å². The summed E-state index contributed by atoms with van der Waals surface area (Å²) in [5, 5.41) is 8.31. The van der Waals surface area contributed by atoms with Gasteiger partial charge in [-0.2, -0.15) is 0 Å². The zero-order valence-corrected chi connectivity index (χ0v) is 14.3. The Balaban J connectivity index is 2.05. The summed E-state index contributed by atoms with van der Waals surface area (Å²) < 4.78 is 11.6. The molecule has 0 aliphatic carbocycles. The van der Waals surface area contributed by atoms with E-state index in [1.807, 2.05) is 24.3 Å². The second-order valence-corrected chi connectivity index (χ2v) is 6.56. The normalized spacial score (nSPS) is 11.6. The minimum absolute atomic E-state index is 0.0318. The van der Waals surface area contributed by atoms with Crippen LogP contribution in [-0.2, 0) is 9.53 Å². The molecule has 0 saturated carbocycles. The summed E-state index contributed by atoms with van der Waals surface area (Å²) in [6.45, 7) is 3.46. The van der Waals surface area contributed by atoms with Crippen LogP contribution in [0.3, 0.4) is 0 Å². The average Bonchev–Trinajstić information content (AvgIpc) is 2.93. The molecule has 0 spiro atoms. The zero-order valence-electron chi connectivity index (χ0n) is 11.9.